The fraction of sp³-hybridized carbons (Fsp3) is 0.118. The molecule has 0 amide bonds. The number of hydrogen-bond acceptors (Lipinski definition) is 6. The molecule has 4 N–H and O–H groups in total. The summed E-state index contributed by atoms with van der Waals surface area (Å²) in [5, 5.41) is 6.25. The van der Waals surface area contributed by atoms with Crippen LogP contribution in [0.1, 0.15) is 11.1 Å². The first-order chi connectivity index (χ1) is 11.1. The van der Waals surface area contributed by atoms with Gasteiger partial charge in [0, 0.05) is 11.4 Å². The quantitative estimate of drug-likeness (QED) is 0.683. The van der Waals surface area contributed by atoms with Crippen molar-refractivity contribution < 1.29 is 0 Å². The van der Waals surface area contributed by atoms with Crippen LogP contribution < -0.4 is 16.4 Å². The molecule has 0 fully saturated rings. The maximum absolute atomic E-state index is 5.77. The Kier molecular flexibility index (Phi) is 4.05. The molecule has 0 spiro atoms. The van der Waals surface area contributed by atoms with Crippen LogP contribution in [0.5, 0.6) is 0 Å². The Morgan fingerprint density at radius 1 is 0.652 bits per heavy atom. The van der Waals surface area contributed by atoms with Crippen molar-refractivity contribution >= 4 is 29.2 Å². The summed E-state index contributed by atoms with van der Waals surface area (Å²) in [6.07, 6.45) is 0. The number of nitrogens with zero attached hydrogens (tertiary/aromatic N) is 3. The van der Waals surface area contributed by atoms with Crippen molar-refractivity contribution in [3.63, 3.8) is 0 Å². The molecule has 0 atom stereocenters. The number of rotatable bonds is 4. The third-order valence-electron chi connectivity index (χ3n) is 3.27. The average molecular weight is 306 g/mol. The van der Waals surface area contributed by atoms with Gasteiger partial charge in [0.2, 0.25) is 17.8 Å². The molecule has 0 aliphatic rings. The molecule has 6 heteroatoms. The van der Waals surface area contributed by atoms with Gasteiger partial charge in [0.05, 0.1) is 0 Å². The largest absolute Gasteiger partial charge is 0.368 e. The highest BCUT2D eigenvalue weighted by Gasteiger charge is 2.05. The maximum Gasteiger partial charge on any atom is 0.233 e. The Hall–Kier alpha value is -3.15. The molecule has 3 rings (SSSR count). The molecule has 2 aromatic carbocycles. The smallest absolute Gasteiger partial charge is 0.233 e. The van der Waals surface area contributed by atoms with Gasteiger partial charge in [-0.3, -0.25) is 0 Å². The van der Waals surface area contributed by atoms with Crippen LogP contribution in [0.2, 0.25) is 0 Å². The predicted molar refractivity (Wildman–Crippen MR) is 93.2 cm³/mol. The van der Waals surface area contributed by atoms with E-state index in [1.165, 1.54) is 11.1 Å². The normalized spacial score (nSPS) is 10.3. The number of benzene rings is 2. The number of aromatic nitrogens is 3. The van der Waals surface area contributed by atoms with Crippen LogP contribution in [0.25, 0.3) is 0 Å². The molecule has 1 aromatic heterocycles. The second kappa shape index (κ2) is 6.31. The summed E-state index contributed by atoms with van der Waals surface area (Å²) in [5.74, 6) is 0.955. The Balaban J connectivity index is 1.81. The van der Waals surface area contributed by atoms with Crippen LogP contribution in [-0.2, 0) is 0 Å². The molecular weight excluding hydrogens is 288 g/mol. The third kappa shape index (κ3) is 3.94. The number of aryl methyl sites for hydroxylation is 2. The van der Waals surface area contributed by atoms with E-state index in [-0.39, 0.29) is 5.95 Å². The fourth-order valence-electron chi connectivity index (χ4n) is 2.04. The second-order valence-electron chi connectivity index (χ2n) is 5.32. The van der Waals surface area contributed by atoms with E-state index < -0.39 is 0 Å². The standard InChI is InChI=1S/C17H18N6/c1-11-3-7-13(8-4-11)19-16-21-15(18)22-17(23-16)20-14-9-5-12(2)6-10-14/h3-10H,1-2H3,(H4,18,19,20,21,22,23). The first-order valence-electron chi connectivity index (χ1n) is 7.27. The van der Waals surface area contributed by atoms with E-state index in [0.717, 1.165) is 11.4 Å². The zero-order valence-corrected chi connectivity index (χ0v) is 13.0. The summed E-state index contributed by atoms with van der Waals surface area (Å²) in [6, 6.07) is 15.9. The van der Waals surface area contributed by atoms with Gasteiger partial charge in [-0.05, 0) is 38.1 Å². The summed E-state index contributed by atoms with van der Waals surface area (Å²) in [6.45, 7) is 4.07. The molecular formula is C17H18N6. The van der Waals surface area contributed by atoms with Crippen LogP contribution in [0.15, 0.2) is 48.5 Å². The fourth-order valence-corrected chi connectivity index (χ4v) is 2.04. The van der Waals surface area contributed by atoms with Gasteiger partial charge in [0.15, 0.2) is 0 Å². The first-order valence-corrected chi connectivity index (χ1v) is 7.27. The van der Waals surface area contributed by atoms with Gasteiger partial charge in [-0.15, -0.1) is 0 Å². The van der Waals surface area contributed by atoms with Crippen LogP contribution in [0.4, 0.5) is 29.2 Å². The van der Waals surface area contributed by atoms with Crippen molar-refractivity contribution in [1.29, 1.82) is 0 Å². The molecule has 0 saturated carbocycles. The highest BCUT2D eigenvalue weighted by Crippen LogP contribution is 2.18. The molecule has 0 radical (unpaired) electrons. The molecule has 1 heterocycles. The van der Waals surface area contributed by atoms with Gasteiger partial charge in [0.25, 0.3) is 0 Å². The van der Waals surface area contributed by atoms with Gasteiger partial charge in [-0.1, -0.05) is 35.4 Å². The van der Waals surface area contributed by atoms with Crippen molar-refractivity contribution in [3.8, 4) is 0 Å². The zero-order valence-electron chi connectivity index (χ0n) is 13.0. The average Bonchev–Trinajstić information content (AvgIpc) is 2.51. The van der Waals surface area contributed by atoms with Crippen LogP contribution >= 0.6 is 0 Å². The molecule has 116 valence electrons. The number of nitrogen functional groups attached to an aromatic ring is 1. The van der Waals surface area contributed by atoms with Gasteiger partial charge in [-0.25, -0.2) is 0 Å². The van der Waals surface area contributed by atoms with E-state index in [0.29, 0.717) is 11.9 Å². The van der Waals surface area contributed by atoms with E-state index in [4.69, 9.17) is 5.73 Å². The topological polar surface area (TPSA) is 88.8 Å². The van der Waals surface area contributed by atoms with E-state index >= 15 is 0 Å². The van der Waals surface area contributed by atoms with Crippen molar-refractivity contribution in [1.82, 2.24) is 15.0 Å². The Morgan fingerprint density at radius 3 is 1.43 bits per heavy atom. The molecule has 0 aliphatic carbocycles. The summed E-state index contributed by atoms with van der Waals surface area (Å²) >= 11 is 0. The van der Waals surface area contributed by atoms with Gasteiger partial charge < -0.3 is 16.4 Å². The van der Waals surface area contributed by atoms with E-state index in [1.54, 1.807) is 0 Å². The molecule has 3 aromatic rings. The summed E-state index contributed by atoms with van der Waals surface area (Å²) in [5.41, 5.74) is 9.93. The lowest BCUT2D eigenvalue weighted by atomic mass is 10.2. The number of nitrogens with two attached hydrogens (primary N) is 1. The zero-order chi connectivity index (χ0) is 16.2. The number of anilines is 5. The predicted octanol–water partition coefficient (Wildman–Crippen LogP) is 3.56. The monoisotopic (exact) mass is 306 g/mol. The van der Waals surface area contributed by atoms with Crippen LogP contribution in [0, 0.1) is 13.8 Å². The van der Waals surface area contributed by atoms with Crippen molar-refractivity contribution in [2.75, 3.05) is 16.4 Å². The number of nitrogens with one attached hydrogen (secondary N) is 2. The first kappa shape index (κ1) is 14.8. The SMILES string of the molecule is Cc1ccc(Nc2nc(N)nc(Nc3ccc(C)cc3)n2)cc1. The molecule has 6 nitrogen and oxygen atoms in total. The van der Waals surface area contributed by atoms with Crippen molar-refractivity contribution in [3.05, 3.63) is 59.7 Å². The molecule has 0 bridgehead atoms. The van der Waals surface area contributed by atoms with Crippen molar-refractivity contribution in [2.24, 2.45) is 0 Å². The second-order valence-corrected chi connectivity index (χ2v) is 5.32. The molecule has 23 heavy (non-hydrogen) atoms. The Morgan fingerprint density at radius 2 is 1.04 bits per heavy atom. The minimum atomic E-state index is 0.157. The summed E-state index contributed by atoms with van der Waals surface area (Å²) < 4.78 is 0. The highest BCUT2D eigenvalue weighted by molar-refractivity contribution is 5.59. The minimum Gasteiger partial charge on any atom is -0.368 e. The van der Waals surface area contributed by atoms with E-state index in [1.807, 2.05) is 62.4 Å². The summed E-state index contributed by atoms with van der Waals surface area (Å²) in [4.78, 5) is 12.6. The lowest BCUT2D eigenvalue weighted by molar-refractivity contribution is 1.07. The minimum absolute atomic E-state index is 0.157. The van der Waals surface area contributed by atoms with Crippen molar-refractivity contribution in [2.45, 2.75) is 13.8 Å². The third-order valence-corrected chi connectivity index (χ3v) is 3.27. The van der Waals surface area contributed by atoms with Gasteiger partial charge in [0.1, 0.15) is 0 Å². The van der Waals surface area contributed by atoms with E-state index in [9.17, 15) is 0 Å². The highest BCUT2D eigenvalue weighted by atomic mass is 15.2. The van der Waals surface area contributed by atoms with Gasteiger partial charge in [-0.2, -0.15) is 15.0 Å². The van der Waals surface area contributed by atoms with E-state index in [2.05, 4.69) is 25.6 Å². The van der Waals surface area contributed by atoms with Gasteiger partial charge >= 0.3 is 0 Å². The molecule has 0 saturated heterocycles. The van der Waals surface area contributed by atoms with Crippen LogP contribution in [-0.4, -0.2) is 15.0 Å². The number of hydrogen-bond donors (Lipinski definition) is 3. The molecule has 0 aliphatic heterocycles. The lowest BCUT2D eigenvalue weighted by Crippen LogP contribution is -2.06. The van der Waals surface area contributed by atoms with Crippen LogP contribution in [0.3, 0.4) is 0 Å². The Bertz CT molecular complexity index is 731. The lowest BCUT2D eigenvalue weighted by Gasteiger charge is -2.09. The maximum atomic E-state index is 5.77. The summed E-state index contributed by atoms with van der Waals surface area (Å²) in [7, 11) is 0. The molecule has 0 unspecified atom stereocenters. The Labute approximate surface area is 134 Å².